The SMILES string of the molecule is O=C([O-])/C=C\c1ccc(F)c(Br)c1. The van der Waals surface area contributed by atoms with Crippen LogP contribution in [-0.2, 0) is 4.79 Å². The van der Waals surface area contributed by atoms with Gasteiger partial charge in [-0.2, -0.15) is 0 Å². The van der Waals surface area contributed by atoms with Gasteiger partial charge in [0.05, 0.1) is 10.4 Å². The normalized spacial score (nSPS) is 10.6. The number of carbonyl (C=O) groups excluding carboxylic acids is 1. The third-order valence-corrected chi connectivity index (χ3v) is 1.96. The van der Waals surface area contributed by atoms with E-state index in [1.165, 1.54) is 24.3 Å². The lowest BCUT2D eigenvalue weighted by atomic mass is 10.2. The summed E-state index contributed by atoms with van der Waals surface area (Å²) in [6.07, 6.45) is 2.22. The second-order valence-electron chi connectivity index (χ2n) is 2.33. The van der Waals surface area contributed by atoms with E-state index in [4.69, 9.17) is 0 Å². The molecule has 0 unspecified atom stereocenters. The molecule has 0 aromatic heterocycles. The molecule has 0 fully saturated rings. The molecule has 68 valence electrons. The van der Waals surface area contributed by atoms with Crippen LogP contribution in [0.25, 0.3) is 6.08 Å². The van der Waals surface area contributed by atoms with E-state index in [0.29, 0.717) is 10.0 Å². The molecular weight excluding hydrogens is 239 g/mol. The lowest BCUT2D eigenvalue weighted by Gasteiger charge is -1.97. The molecule has 0 amide bonds. The Balaban J connectivity index is 2.92. The number of hydrogen-bond donors (Lipinski definition) is 0. The number of carboxylic acids is 1. The predicted molar refractivity (Wildman–Crippen MR) is 48.1 cm³/mol. The topological polar surface area (TPSA) is 40.1 Å². The van der Waals surface area contributed by atoms with Gasteiger partial charge in [-0.15, -0.1) is 0 Å². The fourth-order valence-electron chi connectivity index (χ4n) is 0.780. The minimum Gasteiger partial charge on any atom is -0.545 e. The first-order valence-electron chi connectivity index (χ1n) is 3.43. The maximum atomic E-state index is 12.7. The third-order valence-electron chi connectivity index (χ3n) is 1.36. The number of aliphatic carboxylic acids is 1. The van der Waals surface area contributed by atoms with Crippen molar-refractivity contribution >= 4 is 28.0 Å². The number of carbonyl (C=O) groups is 1. The van der Waals surface area contributed by atoms with Crippen LogP contribution in [0.5, 0.6) is 0 Å². The minimum atomic E-state index is -1.28. The van der Waals surface area contributed by atoms with Crippen molar-refractivity contribution in [1.82, 2.24) is 0 Å². The largest absolute Gasteiger partial charge is 0.545 e. The zero-order chi connectivity index (χ0) is 9.84. The number of hydrogen-bond acceptors (Lipinski definition) is 2. The van der Waals surface area contributed by atoms with Crippen molar-refractivity contribution in [3.8, 4) is 0 Å². The van der Waals surface area contributed by atoms with Crippen LogP contribution >= 0.6 is 15.9 Å². The van der Waals surface area contributed by atoms with Crippen LogP contribution in [0.4, 0.5) is 4.39 Å². The van der Waals surface area contributed by atoms with Crippen LogP contribution in [0.3, 0.4) is 0 Å². The molecule has 0 bridgehead atoms. The van der Waals surface area contributed by atoms with Gasteiger partial charge in [-0.05, 0) is 39.7 Å². The lowest BCUT2D eigenvalue weighted by Crippen LogP contribution is -2.18. The molecule has 0 saturated carbocycles. The summed E-state index contributed by atoms with van der Waals surface area (Å²) in [4.78, 5) is 10.0. The van der Waals surface area contributed by atoms with Gasteiger partial charge in [0, 0.05) is 0 Å². The smallest absolute Gasteiger partial charge is 0.137 e. The first-order chi connectivity index (χ1) is 6.09. The third kappa shape index (κ3) is 2.99. The summed E-state index contributed by atoms with van der Waals surface area (Å²) in [5, 5.41) is 10.0. The number of rotatable bonds is 2. The van der Waals surface area contributed by atoms with E-state index in [1.54, 1.807) is 0 Å². The molecule has 2 nitrogen and oxygen atoms in total. The Morgan fingerprint density at radius 1 is 1.54 bits per heavy atom. The number of carboxylic acid groups (broad SMARTS) is 1. The Bertz CT molecular complexity index is 361. The van der Waals surface area contributed by atoms with Gasteiger partial charge in [-0.1, -0.05) is 12.1 Å². The van der Waals surface area contributed by atoms with Crippen molar-refractivity contribution < 1.29 is 14.3 Å². The maximum Gasteiger partial charge on any atom is 0.137 e. The van der Waals surface area contributed by atoms with Crippen LogP contribution < -0.4 is 5.11 Å². The van der Waals surface area contributed by atoms with Gasteiger partial charge in [0.2, 0.25) is 0 Å². The monoisotopic (exact) mass is 243 g/mol. The predicted octanol–water partition coefficient (Wildman–Crippen LogP) is 1.35. The molecule has 0 N–H and O–H groups in total. The fraction of sp³-hybridized carbons (Fsp3) is 0. The van der Waals surface area contributed by atoms with E-state index >= 15 is 0 Å². The van der Waals surface area contributed by atoms with Gasteiger partial charge < -0.3 is 9.90 Å². The highest BCUT2D eigenvalue weighted by Crippen LogP contribution is 2.17. The summed E-state index contributed by atoms with van der Waals surface area (Å²) in [6, 6.07) is 4.20. The van der Waals surface area contributed by atoms with Crippen LogP contribution in [0.1, 0.15) is 5.56 Å². The number of halogens is 2. The zero-order valence-corrected chi connectivity index (χ0v) is 8.05. The fourth-order valence-corrected chi connectivity index (χ4v) is 1.18. The molecule has 1 aromatic carbocycles. The van der Waals surface area contributed by atoms with Crippen LogP contribution in [-0.4, -0.2) is 5.97 Å². The highest BCUT2D eigenvalue weighted by atomic mass is 79.9. The van der Waals surface area contributed by atoms with Crippen LogP contribution in [0.2, 0.25) is 0 Å². The van der Waals surface area contributed by atoms with Gasteiger partial charge in [0.15, 0.2) is 0 Å². The van der Waals surface area contributed by atoms with Crippen molar-refractivity contribution in [1.29, 1.82) is 0 Å². The van der Waals surface area contributed by atoms with E-state index in [1.807, 2.05) is 0 Å². The molecule has 1 aromatic rings. The van der Waals surface area contributed by atoms with Crippen molar-refractivity contribution in [2.45, 2.75) is 0 Å². The second kappa shape index (κ2) is 4.18. The molecule has 0 aliphatic carbocycles. The standard InChI is InChI=1S/C9H6BrFO2/c10-7-5-6(1-3-8(7)11)2-4-9(12)13/h1-5H,(H,12,13)/p-1/b4-2-. The van der Waals surface area contributed by atoms with E-state index in [-0.39, 0.29) is 5.82 Å². The zero-order valence-electron chi connectivity index (χ0n) is 6.46. The van der Waals surface area contributed by atoms with E-state index in [0.717, 1.165) is 6.08 Å². The van der Waals surface area contributed by atoms with E-state index in [2.05, 4.69) is 15.9 Å². The van der Waals surface area contributed by atoms with Crippen molar-refractivity contribution in [3.63, 3.8) is 0 Å². The quantitative estimate of drug-likeness (QED) is 0.736. The maximum absolute atomic E-state index is 12.7. The Hall–Kier alpha value is -1.16. The van der Waals surface area contributed by atoms with Gasteiger partial charge in [-0.25, -0.2) is 4.39 Å². The molecule has 0 radical (unpaired) electrons. The summed E-state index contributed by atoms with van der Waals surface area (Å²) in [6.45, 7) is 0. The molecule has 1 rings (SSSR count). The summed E-state index contributed by atoms with van der Waals surface area (Å²) < 4.78 is 13.0. The van der Waals surface area contributed by atoms with Crippen molar-refractivity contribution in [2.24, 2.45) is 0 Å². The van der Waals surface area contributed by atoms with Gasteiger partial charge in [-0.3, -0.25) is 0 Å². The molecule has 13 heavy (non-hydrogen) atoms. The molecule has 4 heteroatoms. The van der Waals surface area contributed by atoms with Crippen molar-refractivity contribution in [2.75, 3.05) is 0 Å². The van der Waals surface area contributed by atoms with Gasteiger partial charge in [0.1, 0.15) is 5.82 Å². The summed E-state index contributed by atoms with van der Waals surface area (Å²) in [5.74, 6) is -1.66. The first-order valence-corrected chi connectivity index (χ1v) is 4.23. The first kappa shape index (κ1) is 9.92. The average molecular weight is 244 g/mol. The Morgan fingerprint density at radius 2 is 2.23 bits per heavy atom. The second-order valence-corrected chi connectivity index (χ2v) is 3.18. The van der Waals surface area contributed by atoms with Gasteiger partial charge >= 0.3 is 0 Å². The minimum absolute atomic E-state index is 0.299. The highest BCUT2D eigenvalue weighted by molar-refractivity contribution is 9.10. The summed E-state index contributed by atoms with van der Waals surface area (Å²) >= 11 is 2.98. The van der Waals surface area contributed by atoms with Gasteiger partial charge in [0.25, 0.3) is 0 Å². The molecule has 0 saturated heterocycles. The summed E-state index contributed by atoms with van der Waals surface area (Å²) in [5.41, 5.74) is 0.595. The molecule has 0 aliphatic heterocycles. The van der Waals surface area contributed by atoms with Crippen LogP contribution in [0.15, 0.2) is 28.7 Å². The Morgan fingerprint density at radius 3 is 2.77 bits per heavy atom. The molecule has 0 atom stereocenters. The molecule has 0 heterocycles. The van der Waals surface area contributed by atoms with E-state index < -0.39 is 5.97 Å². The van der Waals surface area contributed by atoms with Crippen molar-refractivity contribution in [3.05, 3.63) is 40.1 Å². The van der Waals surface area contributed by atoms with Crippen LogP contribution in [0, 0.1) is 5.82 Å². The average Bonchev–Trinajstić information content (AvgIpc) is 2.07. The highest BCUT2D eigenvalue weighted by Gasteiger charge is 1.97. The number of benzene rings is 1. The summed E-state index contributed by atoms with van der Waals surface area (Å²) in [7, 11) is 0. The lowest BCUT2D eigenvalue weighted by molar-refractivity contribution is -0.297. The molecule has 0 aliphatic rings. The molecular formula is C9H5BrFO2-. The van der Waals surface area contributed by atoms with E-state index in [9.17, 15) is 14.3 Å². The Kier molecular flexibility index (Phi) is 3.19. The Labute approximate surface area is 82.8 Å². The molecule has 0 spiro atoms.